The van der Waals surface area contributed by atoms with Crippen LogP contribution in [0.2, 0.25) is 0 Å². The van der Waals surface area contributed by atoms with Crippen molar-refractivity contribution in [3.63, 3.8) is 0 Å². The summed E-state index contributed by atoms with van der Waals surface area (Å²) in [6.45, 7) is 3.40. The molecular formula is C18H30BrClN2OS. The Balaban J connectivity index is 0.00000288. The molecule has 0 saturated carbocycles. The number of hydrogen-bond donors (Lipinski definition) is 0. The van der Waals surface area contributed by atoms with E-state index in [9.17, 15) is 0 Å². The van der Waals surface area contributed by atoms with E-state index in [1.165, 1.54) is 69.7 Å². The lowest BCUT2D eigenvalue weighted by molar-refractivity contribution is 0.293. The van der Waals surface area contributed by atoms with E-state index in [1.807, 2.05) is 12.1 Å². The summed E-state index contributed by atoms with van der Waals surface area (Å²) in [5, 5.41) is 0. The second kappa shape index (κ2) is 14.2. The second-order valence-electron chi connectivity index (χ2n) is 6.15. The molecule has 0 aliphatic carbocycles. The number of hydrogen-bond acceptors (Lipinski definition) is 4. The second-order valence-corrected chi connectivity index (χ2v) is 8.14. The molecule has 1 saturated heterocycles. The van der Waals surface area contributed by atoms with Gasteiger partial charge in [-0.2, -0.15) is 0 Å². The molecule has 2 heterocycles. The van der Waals surface area contributed by atoms with Crippen LogP contribution in [0.15, 0.2) is 22.8 Å². The number of ether oxygens (including phenoxy) is 1. The third-order valence-corrected chi connectivity index (χ3v) is 5.63. The molecule has 2 rings (SSSR count). The third-order valence-electron chi connectivity index (χ3n) is 4.14. The van der Waals surface area contributed by atoms with E-state index in [4.69, 9.17) is 4.74 Å². The first-order valence-corrected chi connectivity index (χ1v) is 10.8. The van der Waals surface area contributed by atoms with Crippen molar-refractivity contribution >= 4 is 40.1 Å². The molecule has 1 aliphatic heterocycles. The Labute approximate surface area is 165 Å². The maximum atomic E-state index is 5.63. The molecule has 0 atom stereocenters. The van der Waals surface area contributed by atoms with Crippen LogP contribution in [0.1, 0.15) is 51.4 Å². The normalized spacial score (nSPS) is 14.5. The van der Waals surface area contributed by atoms with Crippen LogP contribution in [-0.2, 0) is 0 Å². The molecule has 0 amide bonds. The van der Waals surface area contributed by atoms with E-state index in [1.54, 1.807) is 6.20 Å². The predicted molar refractivity (Wildman–Crippen MR) is 111 cm³/mol. The maximum absolute atomic E-state index is 5.63. The molecule has 24 heavy (non-hydrogen) atoms. The van der Waals surface area contributed by atoms with Gasteiger partial charge in [0.1, 0.15) is 0 Å². The summed E-state index contributed by atoms with van der Waals surface area (Å²) in [5.41, 5.74) is 0. The van der Waals surface area contributed by atoms with Crippen LogP contribution in [0.3, 0.4) is 0 Å². The average Bonchev–Trinajstić information content (AvgIpc) is 3.07. The van der Waals surface area contributed by atoms with Crippen molar-refractivity contribution in [3.8, 4) is 5.88 Å². The molecular weight excluding hydrogens is 408 g/mol. The van der Waals surface area contributed by atoms with Gasteiger partial charge in [-0.1, -0.05) is 38.5 Å². The van der Waals surface area contributed by atoms with Gasteiger partial charge in [0.25, 0.3) is 0 Å². The minimum atomic E-state index is 0. The molecule has 1 aromatic rings. The monoisotopic (exact) mass is 436 g/mol. The van der Waals surface area contributed by atoms with Crippen LogP contribution in [-0.4, -0.2) is 41.2 Å². The number of unbranched alkanes of at least 4 members (excludes halogenated alkanes) is 7. The summed E-state index contributed by atoms with van der Waals surface area (Å²) in [6.07, 6.45) is 12.5. The van der Waals surface area contributed by atoms with Crippen LogP contribution < -0.4 is 4.74 Å². The van der Waals surface area contributed by atoms with Crippen molar-refractivity contribution in [1.82, 2.24) is 9.88 Å². The highest BCUT2D eigenvalue weighted by atomic mass is 79.9. The number of halogens is 2. The lowest BCUT2D eigenvalue weighted by Gasteiger charge is -2.12. The zero-order chi connectivity index (χ0) is 16.2. The van der Waals surface area contributed by atoms with E-state index in [2.05, 4.69) is 37.6 Å². The topological polar surface area (TPSA) is 25.4 Å². The van der Waals surface area contributed by atoms with Crippen molar-refractivity contribution in [1.29, 1.82) is 0 Å². The van der Waals surface area contributed by atoms with E-state index < -0.39 is 0 Å². The van der Waals surface area contributed by atoms with Gasteiger partial charge in [0.05, 0.1) is 6.61 Å². The van der Waals surface area contributed by atoms with Gasteiger partial charge < -0.3 is 4.74 Å². The van der Waals surface area contributed by atoms with Crippen LogP contribution >= 0.6 is 40.1 Å². The summed E-state index contributed by atoms with van der Waals surface area (Å²) in [6, 6.07) is 3.87. The van der Waals surface area contributed by atoms with Crippen molar-refractivity contribution < 1.29 is 4.74 Å². The number of rotatable bonds is 12. The molecule has 0 aromatic carbocycles. The fourth-order valence-electron chi connectivity index (χ4n) is 2.75. The highest BCUT2D eigenvalue weighted by Gasteiger charge is 2.10. The Morgan fingerprint density at radius 3 is 2.38 bits per heavy atom. The zero-order valence-electron chi connectivity index (χ0n) is 14.4. The highest BCUT2D eigenvalue weighted by molar-refractivity contribution is 9.10. The van der Waals surface area contributed by atoms with Crippen LogP contribution in [0.25, 0.3) is 0 Å². The predicted octanol–water partition coefficient (Wildman–Crippen LogP) is 5.77. The Kier molecular flexibility index (Phi) is 13.1. The first kappa shape index (κ1) is 22.1. The quantitative estimate of drug-likeness (QED) is 0.387. The summed E-state index contributed by atoms with van der Waals surface area (Å²) in [5.74, 6) is 3.32. The fraction of sp³-hybridized carbons (Fsp3) is 0.722. The molecule has 0 unspecified atom stereocenters. The fourth-order valence-corrected chi connectivity index (χ4v) is 4.02. The lowest BCUT2D eigenvalue weighted by Crippen LogP contribution is -2.20. The molecule has 1 aromatic heterocycles. The molecule has 0 N–H and O–H groups in total. The van der Waals surface area contributed by atoms with Gasteiger partial charge in [-0.05, 0) is 41.4 Å². The minimum Gasteiger partial charge on any atom is -0.478 e. The van der Waals surface area contributed by atoms with E-state index >= 15 is 0 Å². The molecule has 138 valence electrons. The first-order chi connectivity index (χ1) is 11.3. The Bertz CT molecular complexity index is 416. The Morgan fingerprint density at radius 1 is 1.04 bits per heavy atom. The molecule has 1 aliphatic rings. The number of aromatic nitrogens is 1. The van der Waals surface area contributed by atoms with Gasteiger partial charge in [0, 0.05) is 34.9 Å². The molecule has 0 spiro atoms. The number of nitrogens with zero attached hydrogens (tertiary/aromatic N) is 2. The molecule has 0 bridgehead atoms. The van der Waals surface area contributed by atoms with Gasteiger partial charge in [-0.25, -0.2) is 4.98 Å². The number of thioether (sulfide) groups is 1. The van der Waals surface area contributed by atoms with Crippen LogP contribution in [0, 0.1) is 0 Å². The highest BCUT2D eigenvalue weighted by Crippen LogP contribution is 2.15. The Hall–Kier alpha value is 0.0300. The maximum Gasteiger partial charge on any atom is 0.213 e. The largest absolute Gasteiger partial charge is 0.478 e. The first-order valence-electron chi connectivity index (χ1n) is 8.89. The third kappa shape index (κ3) is 10.1. The van der Waals surface area contributed by atoms with Gasteiger partial charge in [-0.3, -0.25) is 4.90 Å². The van der Waals surface area contributed by atoms with E-state index in [0.29, 0.717) is 0 Å². The smallest absolute Gasteiger partial charge is 0.213 e. The molecule has 3 nitrogen and oxygen atoms in total. The van der Waals surface area contributed by atoms with E-state index in [-0.39, 0.29) is 12.4 Å². The summed E-state index contributed by atoms with van der Waals surface area (Å²) in [7, 11) is 0. The van der Waals surface area contributed by atoms with Gasteiger partial charge >= 0.3 is 0 Å². The molecule has 0 radical (unpaired) electrons. The zero-order valence-corrected chi connectivity index (χ0v) is 17.6. The van der Waals surface area contributed by atoms with Crippen LogP contribution in [0.5, 0.6) is 5.88 Å². The standard InChI is InChI=1S/C18H29BrN2OS.ClH/c19-17-9-10-18(20-15-17)22-13-8-6-4-2-1-3-5-7-11-21-12-14-23-16-21;/h9-10,15H,1-8,11-14,16H2;1H. The van der Waals surface area contributed by atoms with Crippen molar-refractivity contribution in [2.75, 3.05) is 31.3 Å². The van der Waals surface area contributed by atoms with Crippen molar-refractivity contribution in [2.24, 2.45) is 0 Å². The lowest BCUT2D eigenvalue weighted by atomic mass is 10.1. The van der Waals surface area contributed by atoms with Crippen molar-refractivity contribution in [2.45, 2.75) is 51.4 Å². The Morgan fingerprint density at radius 2 is 1.75 bits per heavy atom. The van der Waals surface area contributed by atoms with Gasteiger partial charge in [0.15, 0.2) is 0 Å². The minimum absolute atomic E-state index is 0. The SMILES string of the molecule is Brc1ccc(OCCCCCCCCCCN2CCSC2)nc1.Cl. The van der Waals surface area contributed by atoms with Gasteiger partial charge in [-0.15, -0.1) is 24.2 Å². The molecule has 6 heteroatoms. The molecule has 1 fully saturated rings. The number of pyridine rings is 1. The van der Waals surface area contributed by atoms with Crippen LogP contribution in [0.4, 0.5) is 0 Å². The average molecular weight is 438 g/mol. The van der Waals surface area contributed by atoms with E-state index in [0.717, 1.165) is 23.4 Å². The van der Waals surface area contributed by atoms with Crippen molar-refractivity contribution in [3.05, 3.63) is 22.8 Å². The summed E-state index contributed by atoms with van der Waals surface area (Å²) < 4.78 is 6.62. The summed E-state index contributed by atoms with van der Waals surface area (Å²) in [4.78, 5) is 6.80. The summed E-state index contributed by atoms with van der Waals surface area (Å²) >= 11 is 5.45. The van der Waals surface area contributed by atoms with Gasteiger partial charge in [0.2, 0.25) is 5.88 Å².